The molecule has 2 amide bonds. The molecule has 2 N–H and O–H groups in total. The number of halogens is 2. The smallest absolute Gasteiger partial charge is 0.325 e. The van der Waals surface area contributed by atoms with Crippen LogP contribution in [0.3, 0.4) is 0 Å². The van der Waals surface area contributed by atoms with Gasteiger partial charge >= 0.3 is 6.03 Å². The van der Waals surface area contributed by atoms with Crippen molar-refractivity contribution >= 4 is 49.2 Å². The van der Waals surface area contributed by atoms with E-state index in [4.69, 9.17) is 0 Å². The lowest BCUT2D eigenvalue weighted by atomic mass is 10.2. The van der Waals surface area contributed by atoms with Crippen LogP contribution in [0.5, 0.6) is 0 Å². The van der Waals surface area contributed by atoms with Gasteiger partial charge in [-0.05, 0) is 31.0 Å². The van der Waals surface area contributed by atoms with Crippen molar-refractivity contribution in [3.05, 3.63) is 28.5 Å². The van der Waals surface area contributed by atoms with E-state index < -0.39 is 11.8 Å². The van der Waals surface area contributed by atoms with Gasteiger partial charge in [-0.15, -0.1) is 10.2 Å². The van der Waals surface area contributed by atoms with Crippen molar-refractivity contribution in [1.82, 2.24) is 10.2 Å². The lowest BCUT2D eigenvalue weighted by Gasteiger charge is -2.17. The van der Waals surface area contributed by atoms with E-state index in [-0.39, 0.29) is 5.69 Å². The van der Waals surface area contributed by atoms with E-state index in [1.165, 1.54) is 36.3 Å². The van der Waals surface area contributed by atoms with Gasteiger partial charge in [0.15, 0.2) is 0 Å². The highest BCUT2D eigenvalue weighted by Crippen LogP contribution is 2.26. The van der Waals surface area contributed by atoms with E-state index in [1.54, 1.807) is 6.07 Å². The van der Waals surface area contributed by atoms with Crippen molar-refractivity contribution in [2.24, 2.45) is 0 Å². The Morgan fingerprint density at radius 3 is 2.62 bits per heavy atom. The normalized spacial score (nSPS) is 15.0. The number of anilines is 3. The summed E-state index contributed by atoms with van der Waals surface area (Å²) in [6.45, 7) is 1.93. The van der Waals surface area contributed by atoms with E-state index in [2.05, 4.69) is 41.7 Å². The molecule has 3 rings (SSSR count). The van der Waals surface area contributed by atoms with Crippen molar-refractivity contribution in [3.63, 3.8) is 0 Å². The van der Waals surface area contributed by atoms with Gasteiger partial charge in [-0.3, -0.25) is 5.32 Å². The maximum atomic E-state index is 13.7. The Balaban J connectivity index is 1.60. The Hall–Kier alpha value is -1.74. The first-order valence-electron chi connectivity index (χ1n) is 7.73. The van der Waals surface area contributed by atoms with Gasteiger partial charge in [-0.25, -0.2) is 9.18 Å². The lowest BCUT2D eigenvalue weighted by molar-refractivity contribution is 0.262. The molecule has 0 bridgehead atoms. The lowest BCUT2D eigenvalue weighted by Crippen LogP contribution is -2.23. The third kappa shape index (κ3) is 4.41. The molecule has 2 aromatic rings. The number of amides is 2. The summed E-state index contributed by atoms with van der Waals surface area (Å²) in [7, 11) is 0. The molecule has 9 heteroatoms. The van der Waals surface area contributed by atoms with Gasteiger partial charge < -0.3 is 10.2 Å². The second kappa shape index (κ2) is 7.89. The molecule has 1 fully saturated rings. The zero-order valence-corrected chi connectivity index (χ0v) is 15.3. The highest BCUT2D eigenvalue weighted by molar-refractivity contribution is 9.10. The summed E-state index contributed by atoms with van der Waals surface area (Å²) in [6.07, 6.45) is 4.76. The quantitative estimate of drug-likeness (QED) is 0.778. The largest absolute Gasteiger partial charge is 0.347 e. The minimum atomic E-state index is -0.546. The Morgan fingerprint density at radius 2 is 1.92 bits per heavy atom. The number of hydrogen-bond donors (Lipinski definition) is 2. The standard InChI is InChI=1S/C15H17BrFN5OS/c16-10-5-6-12(11(17)9-10)18-13(23)19-14-20-21-15(24-14)22-7-3-1-2-4-8-22/h5-6,9H,1-4,7-8H2,(H2,18,19,20,23). The van der Waals surface area contributed by atoms with Gasteiger partial charge in [0, 0.05) is 17.6 Å². The first-order chi connectivity index (χ1) is 11.6. The van der Waals surface area contributed by atoms with Crippen LogP contribution in [0, 0.1) is 5.82 Å². The summed E-state index contributed by atoms with van der Waals surface area (Å²) in [6, 6.07) is 3.88. The SMILES string of the molecule is O=C(Nc1nnc(N2CCCCCC2)s1)Nc1ccc(Br)cc1F. The fourth-order valence-electron chi connectivity index (χ4n) is 2.50. The molecule has 0 spiro atoms. The number of hydrogen-bond acceptors (Lipinski definition) is 5. The molecule has 0 unspecified atom stereocenters. The van der Waals surface area contributed by atoms with Crippen LogP contribution in [-0.4, -0.2) is 29.3 Å². The van der Waals surface area contributed by atoms with Gasteiger partial charge in [-0.2, -0.15) is 0 Å². The van der Waals surface area contributed by atoms with Gasteiger partial charge in [0.1, 0.15) is 5.82 Å². The first kappa shape index (κ1) is 17.1. The second-order valence-corrected chi connectivity index (χ2v) is 7.37. The van der Waals surface area contributed by atoms with Crippen LogP contribution in [0.1, 0.15) is 25.7 Å². The van der Waals surface area contributed by atoms with Crippen molar-refractivity contribution < 1.29 is 9.18 Å². The summed E-state index contributed by atoms with van der Waals surface area (Å²) in [5, 5.41) is 14.4. The van der Waals surface area contributed by atoms with Crippen molar-refractivity contribution in [2.45, 2.75) is 25.7 Å². The number of nitrogens with one attached hydrogen (secondary N) is 2. The van der Waals surface area contributed by atoms with Gasteiger partial charge in [-0.1, -0.05) is 40.1 Å². The first-order valence-corrected chi connectivity index (χ1v) is 9.34. The molecule has 1 aromatic carbocycles. The zero-order chi connectivity index (χ0) is 16.9. The summed E-state index contributed by atoms with van der Waals surface area (Å²) in [4.78, 5) is 14.2. The average Bonchev–Trinajstić information content (AvgIpc) is 2.83. The van der Waals surface area contributed by atoms with Crippen LogP contribution >= 0.6 is 27.3 Å². The number of nitrogens with zero attached hydrogens (tertiary/aromatic N) is 3. The molecule has 2 heterocycles. The summed E-state index contributed by atoms with van der Waals surface area (Å²) in [5.74, 6) is -0.512. The highest BCUT2D eigenvalue weighted by Gasteiger charge is 2.16. The maximum absolute atomic E-state index is 13.7. The monoisotopic (exact) mass is 413 g/mol. The van der Waals surface area contributed by atoms with E-state index in [9.17, 15) is 9.18 Å². The summed E-state index contributed by atoms with van der Waals surface area (Å²) in [5.41, 5.74) is 0.105. The van der Waals surface area contributed by atoms with E-state index in [0.717, 1.165) is 31.1 Å². The number of rotatable bonds is 3. The minimum absolute atomic E-state index is 0.105. The molecular formula is C15H17BrFN5OS. The molecule has 128 valence electrons. The summed E-state index contributed by atoms with van der Waals surface area (Å²) >= 11 is 4.50. The third-order valence-electron chi connectivity index (χ3n) is 3.69. The zero-order valence-electron chi connectivity index (χ0n) is 12.9. The number of aromatic nitrogens is 2. The topological polar surface area (TPSA) is 70.2 Å². The molecule has 1 saturated heterocycles. The third-order valence-corrected chi connectivity index (χ3v) is 5.08. The van der Waals surface area contributed by atoms with Crippen LogP contribution in [-0.2, 0) is 0 Å². The predicted molar refractivity (Wildman–Crippen MR) is 97.3 cm³/mol. The fraction of sp³-hybridized carbons (Fsp3) is 0.400. The van der Waals surface area contributed by atoms with E-state index in [1.807, 2.05) is 0 Å². The molecule has 0 aliphatic carbocycles. The summed E-state index contributed by atoms with van der Waals surface area (Å²) < 4.78 is 14.3. The van der Waals surface area contributed by atoms with E-state index in [0.29, 0.717) is 9.60 Å². The number of carbonyl (C=O) groups is 1. The Morgan fingerprint density at radius 1 is 1.17 bits per heavy atom. The molecule has 0 atom stereocenters. The predicted octanol–water partition coefficient (Wildman–Crippen LogP) is 4.46. The number of carbonyl (C=O) groups excluding carboxylic acids is 1. The van der Waals surface area contributed by atoms with Crippen molar-refractivity contribution in [1.29, 1.82) is 0 Å². The molecule has 1 aliphatic heterocycles. The van der Waals surface area contributed by atoms with Crippen molar-refractivity contribution in [2.75, 3.05) is 28.6 Å². The number of benzene rings is 1. The molecule has 0 saturated carbocycles. The minimum Gasteiger partial charge on any atom is -0.347 e. The molecular weight excluding hydrogens is 397 g/mol. The van der Waals surface area contributed by atoms with Crippen LogP contribution in [0.25, 0.3) is 0 Å². The van der Waals surface area contributed by atoms with E-state index >= 15 is 0 Å². The van der Waals surface area contributed by atoms with Crippen LogP contribution in [0.2, 0.25) is 0 Å². The Labute approximate surface area is 151 Å². The van der Waals surface area contributed by atoms with Crippen LogP contribution < -0.4 is 15.5 Å². The molecule has 1 aromatic heterocycles. The molecule has 1 aliphatic rings. The highest BCUT2D eigenvalue weighted by atomic mass is 79.9. The fourth-order valence-corrected chi connectivity index (χ4v) is 3.62. The maximum Gasteiger partial charge on any atom is 0.325 e. The van der Waals surface area contributed by atoms with Crippen molar-refractivity contribution in [3.8, 4) is 0 Å². The van der Waals surface area contributed by atoms with Crippen LogP contribution in [0.4, 0.5) is 25.1 Å². The molecule has 0 radical (unpaired) electrons. The van der Waals surface area contributed by atoms with Gasteiger partial charge in [0.05, 0.1) is 5.69 Å². The molecule has 24 heavy (non-hydrogen) atoms. The molecule has 6 nitrogen and oxygen atoms in total. The Kier molecular flexibility index (Phi) is 5.62. The van der Waals surface area contributed by atoms with Gasteiger partial charge in [0.2, 0.25) is 10.3 Å². The number of urea groups is 1. The average molecular weight is 414 g/mol. The Bertz CT molecular complexity index is 718. The van der Waals surface area contributed by atoms with Gasteiger partial charge in [0.25, 0.3) is 0 Å². The van der Waals surface area contributed by atoms with Crippen LogP contribution in [0.15, 0.2) is 22.7 Å². The second-order valence-electron chi connectivity index (χ2n) is 5.49.